The molecule has 4 N–H and O–H groups in total. The average molecular weight is 279 g/mol. The van der Waals surface area contributed by atoms with Crippen LogP contribution in [0.4, 0.5) is 13.2 Å². The highest BCUT2D eigenvalue weighted by atomic mass is 19.4. The van der Waals surface area contributed by atoms with Crippen molar-refractivity contribution in [1.29, 1.82) is 0 Å². The number of hydrogen-bond donors (Lipinski definition) is 3. The summed E-state index contributed by atoms with van der Waals surface area (Å²) >= 11 is 0. The van der Waals surface area contributed by atoms with Crippen molar-refractivity contribution < 1.29 is 28.1 Å². The third-order valence-corrected chi connectivity index (χ3v) is 2.64. The van der Waals surface area contributed by atoms with Crippen LogP contribution in [-0.2, 0) is 0 Å². The van der Waals surface area contributed by atoms with Gasteiger partial charge in [-0.3, -0.25) is 0 Å². The van der Waals surface area contributed by atoms with Crippen LogP contribution in [0.15, 0.2) is 18.2 Å². The Morgan fingerprint density at radius 3 is 2.32 bits per heavy atom. The van der Waals surface area contributed by atoms with Gasteiger partial charge in [0.05, 0.1) is 12.1 Å². The Morgan fingerprint density at radius 2 is 1.84 bits per heavy atom. The van der Waals surface area contributed by atoms with Gasteiger partial charge in [-0.2, -0.15) is 0 Å². The van der Waals surface area contributed by atoms with E-state index in [0.717, 1.165) is 18.2 Å². The first-order chi connectivity index (χ1) is 8.61. The fourth-order valence-corrected chi connectivity index (χ4v) is 1.60. The molecular formula is C12H16F3NO3. The van der Waals surface area contributed by atoms with Crippen molar-refractivity contribution in [2.45, 2.75) is 32.4 Å². The SMILES string of the molecule is CC(C)[C@@H](O)[C@@H](N)c1cc(OC(F)(F)F)ccc1O. The number of alkyl halides is 3. The summed E-state index contributed by atoms with van der Waals surface area (Å²) in [5, 5.41) is 19.4. The first-order valence-electron chi connectivity index (χ1n) is 5.64. The van der Waals surface area contributed by atoms with Crippen molar-refractivity contribution in [1.82, 2.24) is 0 Å². The number of halogens is 3. The lowest BCUT2D eigenvalue weighted by Gasteiger charge is -2.23. The second-order valence-corrected chi connectivity index (χ2v) is 4.53. The van der Waals surface area contributed by atoms with Crippen LogP contribution < -0.4 is 10.5 Å². The highest BCUT2D eigenvalue weighted by Crippen LogP contribution is 2.32. The first kappa shape index (κ1) is 15.6. The Balaban J connectivity index is 3.03. The van der Waals surface area contributed by atoms with Gasteiger partial charge in [0, 0.05) is 5.56 Å². The molecule has 0 aliphatic carbocycles. The van der Waals surface area contributed by atoms with Gasteiger partial charge in [0.1, 0.15) is 11.5 Å². The van der Waals surface area contributed by atoms with Crippen molar-refractivity contribution in [2.24, 2.45) is 11.7 Å². The number of phenols is 1. The molecule has 0 unspecified atom stereocenters. The minimum atomic E-state index is -4.82. The Morgan fingerprint density at radius 1 is 1.26 bits per heavy atom. The summed E-state index contributed by atoms with van der Waals surface area (Å²) in [6.07, 6.45) is -5.82. The monoisotopic (exact) mass is 279 g/mol. The molecule has 0 bridgehead atoms. The molecule has 0 fully saturated rings. The molecule has 0 aliphatic rings. The van der Waals surface area contributed by atoms with Gasteiger partial charge in [-0.1, -0.05) is 13.8 Å². The lowest BCUT2D eigenvalue weighted by molar-refractivity contribution is -0.274. The Hall–Kier alpha value is -1.47. The fourth-order valence-electron chi connectivity index (χ4n) is 1.60. The van der Waals surface area contributed by atoms with E-state index < -0.39 is 24.3 Å². The Bertz CT molecular complexity index is 435. The number of aliphatic hydroxyl groups is 1. The van der Waals surface area contributed by atoms with E-state index in [4.69, 9.17) is 5.73 Å². The number of ether oxygens (including phenoxy) is 1. The van der Waals surface area contributed by atoms with E-state index in [0.29, 0.717) is 0 Å². The standard InChI is InChI=1S/C12H16F3NO3/c1-6(2)11(18)10(16)8-5-7(3-4-9(8)17)19-12(13,14)15/h3-6,10-11,17-18H,16H2,1-2H3/t10-,11+/m0/s1. The van der Waals surface area contributed by atoms with E-state index >= 15 is 0 Å². The van der Waals surface area contributed by atoms with E-state index in [9.17, 15) is 23.4 Å². The highest BCUT2D eigenvalue weighted by Gasteiger charge is 2.32. The second-order valence-electron chi connectivity index (χ2n) is 4.53. The molecule has 0 radical (unpaired) electrons. The third-order valence-electron chi connectivity index (χ3n) is 2.64. The quantitative estimate of drug-likeness (QED) is 0.790. The van der Waals surface area contributed by atoms with Crippen LogP contribution in [0.2, 0.25) is 0 Å². The molecule has 108 valence electrons. The van der Waals surface area contributed by atoms with Gasteiger partial charge >= 0.3 is 6.36 Å². The first-order valence-corrected chi connectivity index (χ1v) is 5.64. The molecule has 0 saturated carbocycles. The summed E-state index contributed by atoms with van der Waals surface area (Å²) in [5.41, 5.74) is 5.73. The number of nitrogens with two attached hydrogens (primary N) is 1. The maximum atomic E-state index is 12.1. The van der Waals surface area contributed by atoms with Crippen molar-refractivity contribution in [2.75, 3.05) is 0 Å². The number of hydrogen-bond acceptors (Lipinski definition) is 4. The molecule has 19 heavy (non-hydrogen) atoms. The number of aliphatic hydroxyl groups excluding tert-OH is 1. The lowest BCUT2D eigenvalue weighted by Crippen LogP contribution is -2.30. The van der Waals surface area contributed by atoms with Gasteiger partial charge in [-0.05, 0) is 24.1 Å². The summed E-state index contributed by atoms with van der Waals surface area (Å²) in [4.78, 5) is 0. The maximum absolute atomic E-state index is 12.1. The van der Waals surface area contributed by atoms with E-state index in [2.05, 4.69) is 4.74 Å². The van der Waals surface area contributed by atoms with Crippen LogP contribution in [0.1, 0.15) is 25.5 Å². The van der Waals surface area contributed by atoms with E-state index in [1.807, 2.05) is 0 Å². The smallest absolute Gasteiger partial charge is 0.508 e. The van der Waals surface area contributed by atoms with Gasteiger partial charge in [-0.25, -0.2) is 0 Å². The van der Waals surface area contributed by atoms with E-state index in [-0.39, 0.29) is 17.2 Å². The maximum Gasteiger partial charge on any atom is 0.573 e. The topological polar surface area (TPSA) is 75.7 Å². The molecule has 1 aromatic rings. The van der Waals surface area contributed by atoms with E-state index in [1.165, 1.54) is 0 Å². The van der Waals surface area contributed by atoms with Crippen molar-refractivity contribution in [3.8, 4) is 11.5 Å². The molecule has 0 aliphatic heterocycles. The van der Waals surface area contributed by atoms with Crippen LogP contribution in [-0.4, -0.2) is 22.7 Å². The van der Waals surface area contributed by atoms with Gasteiger partial charge < -0.3 is 20.7 Å². The Labute approximate surface area is 108 Å². The second kappa shape index (κ2) is 5.66. The fraction of sp³-hybridized carbons (Fsp3) is 0.500. The zero-order valence-electron chi connectivity index (χ0n) is 10.5. The van der Waals surface area contributed by atoms with Crippen LogP contribution in [0.3, 0.4) is 0 Å². The molecule has 0 saturated heterocycles. The molecule has 0 amide bonds. The average Bonchev–Trinajstić information content (AvgIpc) is 2.27. The molecule has 7 heteroatoms. The predicted octanol–water partition coefficient (Wildman–Crippen LogP) is 2.31. The van der Waals surface area contributed by atoms with Crippen LogP contribution in [0.5, 0.6) is 11.5 Å². The summed E-state index contributed by atoms with van der Waals surface area (Å²) in [7, 11) is 0. The van der Waals surface area contributed by atoms with E-state index in [1.54, 1.807) is 13.8 Å². The molecule has 0 heterocycles. The summed E-state index contributed by atoms with van der Waals surface area (Å²) < 4.78 is 40.0. The molecule has 1 aromatic carbocycles. The zero-order valence-corrected chi connectivity index (χ0v) is 10.5. The molecule has 1 rings (SSSR count). The van der Waals surface area contributed by atoms with Gasteiger partial charge in [0.15, 0.2) is 0 Å². The molecule has 0 spiro atoms. The predicted molar refractivity (Wildman–Crippen MR) is 62.6 cm³/mol. The minimum Gasteiger partial charge on any atom is -0.508 e. The third kappa shape index (κ3) is 4.29. The van der Waals surface area contributed by atoms with Crippen LogP contribution in [0, 0.1) is 5.92 Å². The lowest BCUT2D eigenvalue weighted by atomic mass is 9.94. The van der Waals surface area contributed by atoms with Gasteiger partial charge in [-0.15, -0.1) is 13.2 Å². The largest absolute Gasteiger partial charge is 0.573 e. The minimum absolute atomic E-state index is 0.00273. The number of rotatable bonds is 4. The Kier molecular flexibility index (Phi) is 4.65. The molecule has 2 atom stereocenters. The van der Waals surface area contributed by atoms with Crippen LogP contribution >= 0.6 is 0 Å². The summed E-state index contributed by atoms with van der Waals surface area (Å²) in [5.74, 6) is -0.991. The molecule has 4 nitrogen and oxygen atoms in total. The normalized spacial score (nSPS) is 15.4. The van der Waals surface area contributed by atoms with Crippen LogP contribution in [0.25, 0.3) is 0 Å². The highest BCUT2D eigenvalue weighted by molar-refractivity contribution is 5.41. The van der Waals surface area contributed by atoms with Crippen molar-refractivity contribution >= 4 is 0 Å². The number of phenolic OH excluding ortho intramolecular Hbond substituents is 1. The summed E-state index contributed by atoms with van der Waals surface area (Å²) in [6.45, 7) is 3.41. The van der Waals surface area contributed by atoms with Crippen molar-refractivity contribution in [3.63, 3.8) is 0 Å². The zero-order chi connectivity index (χ0) is 14.8. The molecular weight excluding hydrogens is 263 g/mol. The number of benzene rings is 1. The van der Waals surface area contributed by atoms with Crippen molar-refractivity contribution in [3.05, 3.63) is 23.8 Å². The summed E-state index contributed by atoms with van der Waals surface area (Å²) in [6, 6.07) is 1.99. The number of aromatic hydroxyl groups is 1. The molecule has 0 aromatic heterocycles. The van der Waals surface area contributed by atoms with Gasteiger partial charge in [0.25, 0.3) is 0 Å². The van der Waals surface area contributed by atoms with Gasteiger partial charge in [0.2, 0.25) is 0 Å².